The van der Waals surface area contributed by atoms with Crippen LogP contribution in [0, 0.1) is 6.57 Å². The van der Waals surface area contributed by atoms with Gasteiger partial charge in [0.2, 0.25) is 0 Å². The second-order valence-electron chi connectivity index (χ2n) is 11.8. The molecule has 0 bridgehead atoms. The molecule has 1 heterocycles. The van der Waals surface area contributed by atoms with Crippen molar-refractivity contribution in [2.75, 3.05) is 4.90 Å². The van der Waals surface area contributed by atoms with Crippen LogP contribution in [0.25, 0.3) is 43.5 Å². The number of fused-ring (bicyclic) bond motifs is 6. The molecule has 0 unspecified atom stereocenters. The lowest BCUT2D eigenvalue weighted by Gasteiger charge is -2.28. The molecule has 0 amide bonds. The van der Waals surface area contributed by atoms with E-state index in [0.717, 1.165) is 22.7 Å². The fourth-order valence-corrected chi connectivity index (χ4v) is 6.91. The Morgan fingerprint density at radius 3 is 2.00 bits per heavy atom. The van der Waals surface area contributed by atoms with Gasteiger partial charge in [0, 0.05) is 38.9 Å². The van der Waals surface area contributed by atoms with E-state index in [4.69, 9.17) is 6.57 Å². The van der Waals surface area contributed by atoms with E-state index in [0.29, 0.717) is 5.69 Å². The van der Waals surface area contributed by atoms with Gasteiger partial charge in [-0.15, -0.1) is 0 Å². The molecule has 1 aromatic heterocycles. The standard InChI is InChI=1S/C40H29N3/c1-40(2)36-15-9-7-13-32(36)33-23-21-31(26-37(33)40)42(29-19-17-27(41-3)18-20-29)30-22-24-39-35(25-30)34-14-8-10-16-38(34)43(39)28-11-5-4-6-12-28/h4-26H,1-2H3. The summed E-state index contributed by atoms with van der Waals surface area (Å²) < 4.78 is 2.35. The van der Waals surface area contributed by atoms with Gasteiger partial charge in [0.25, 0.3) is 0 Å². The van der Waals surface area contributed by atoms with E-state index in [1.54, 1.807) is 0 Å². The molecular formula is C40H29N3. The van der Waals surface area contributed by atoms with E-state index in [-0.39, 0.29) is 5.41 Å². The first kappa shape index (κ1) is 25.1. The minimum absolute atomic E-state index is 0.103. The summed E-state index contributed by atoms with van der Waals surface area (Å²) in [4.78, 5) is 5.96. The number of nitrogens with zero attached hydrogens (tertiary/aromatic N) is 3. The average molecular weight is 552 g/mol. The van der Waals surface area contributed by atoms with Gasteiger partial charge in [0.05, 0.1) is 17.6 Å². The predicted octanol–water partition coefficient (Wildman–Crippen LogP) is 11.1. The Hall–Kier alpha value is -5.59. The van der Waals surface area contributed by atoms with Gasteiger partial charge in [-0.2, -0.15) is 0 Å². The zero-order chi connectivity index (χ0) is 29.1. The third-order valence-electron chi connectivity index (χ3n) is 8.99. The highest BCUT2D eigenvalue weighted by Crippen LogP contribution is 2.50. The van der Waals surface area contributed by atoms with Crippen molar-refractivity contribution in [3.05, 3.63) is 162 Å². The van der Waals surface area contributed by atoms with Gasteiger partial charge in [-0.05, 0) is 82.9 Å². The van der Waals surface area contributed by atoms with E-state index in [1.807, 2.05) is 12.1 Å². The lowest BCUT2D eigenvalue weighted by atomic mass is 9.82. The molecule has 1 aliphatic carbocycles. The molecule has 1 aliphatic rings. The second kappa shape index (κ2) is 9.48. The summed E-state index contributed by atoms with van der Waals surface area (Å²) in [6, 6.07) is 49.5. The van der Waals surface area contributed by atoms with Gasteiger partial charge in [-0.1, -0.05) is 92.7 Å². The Balaban J connectivity index is 1.35. The molecule has 3 heteroatoms. The molecule has 6 aromatic carbocycles. The summed E-state index contributed by atoms with van der Waals surface area (Å²) in [7, 11) is 0. The van der Waals surface area contributed by atoms with E-state index in [2.05, 4.69) is 156 Å². The molecule has 0 spiro atoms. The predicted molar refractivity (Wildman–Crippen MR) is 179 cm³/mol. The first-order valence-corrected chi connectivity index (χ1v) is 14.7. The summed E-state index contributed by atoms with van der Waals surface area (Å²) in [6.07, 6.45) is 0. The van der Waals surface area contributed by atoms with Crippen molar-refractivity contribution in [1.29, 1.82) is 0 Å². The van der Waals surface area contributed by atoms with E-state index in [9.17, 15) is 0 Å². The molecule has 0 fully saturated rings. The Kier molecular flexibility index (Phi) is 5.54. The molecule has 0 radical (unpaired) electrons. The molecule has 43 heavy (non-hydrogen) atoms. The van der Waals surface area contributed by atoms with Crippen LogP contribution in [0.15, 0.2) is 140 Å². The molecule has 3 nitrogen and oxygen atoms in total. The fourth-order valence-electron chi connectivity index (χ4n) is 6.91. The number of benzene rings is 6. The van der Waals surface area contributed by atoms with Crippen LogP contribution in [0.4, 0.5) is 22.7 Å². The van der Waals surface area contributed by atoms with Gasteiger partial charge in [0.15, 0.2) is 5.69 Å². The highest BCUT2D eigenvalue weighted by Gasteiger charge is 2.35. The highest BCUT2D eigenvalue weighted by molar-refractivity contribution is 6.10. The van der Waals surface area contributed by atoms with Gasteiger partial charge >= 0.3 is 0 Å². The van der Waals surface area contributed by atoms with Gasteiger partial charge in [-0.25, -0.2) is 4.85 Å². The smallest absolute Gasteiger partial charge is 0.187 e. The second-order valence-corrected chi connectivity index (χ2v) is 11.8. The molecule has 8 rings (SSSR count). The minimum atomic E-state index is -0.103. The first-order chi connectivity index (χ1) is 21.0. The van der Waals surface area contributed by atoms with E-state index < -0.39 is 0 Å². The number of anilines is 3. The maximum Gasteiger partial charge on any atom is 0.187 e. The van der Waals surface area contributed by atoms with Gasteiger partial charge < -0.3 is 9.47 Å². The molecular weight excluding hydrogens is 522 g/mol. The maximum atomic E-state index is 7.49. The van der Waals surface area contributed by atoms with Crippen LogP contribution in [-0.2, 0) is 5.41 Å². The number of para-hydroxylation sites is 2. The van der Waals surface area contributed by atoms with Crippen LogP contribution in [0.1, 0.15) is 25.0 Å². The summed E-state index contributed by atoms with van der Waals surface area (Å²) in [5, 5.41) is 2.42. The van der Waals surface area contributed by atoms with Crippen molar-refractivity contribution in [2.45, 2.75) is 19.3 Å². The van der Waals surface area contributed by atoms with Gasteiger partial charge in [0.1, 0.15) is 0 Å². The lowest BCUT2D eigenvalue weighted by Crippen LogP contribution is -2.16. The quantitative estimate of drug-likeness (QED) is 0.198. The molecule has 0 saturated heterocycles. The van der Waals surface area contributed by atoms with E-state index in [1.165, 1.54) is 44.1 Å². The van der Waals surface area contributed by atoms with Crippen LogP contribution in [-0.4, -0.2) is 4.57 Å². The van der Waals surface area contributed by atoms with Crippen molar-refractivity contribution in [2.24, 2.45) is 0 Å². The Morgan fingerprint density at radius 2 is 1.19 bits per heavy atom. The number of hydrogen-bond donors (Lipinski definition) is 0. The summed E-state index contributed by atoms with van der Waals surface area (Å²) >= 11 is 0. The molecule has 0 aliphatic heterocycles. The topological polar surface area (TPSA) is 12.5 Å². The van der Waals surface area contributed by atoms with E-state index >= 15 is 0 Å². The van der Waals surface area contributed by atoms with Crippen molar-refractivity contribution >= 4 is 44.6 Å². The SMILES string of the molecule is [C-]#[N+]c1ccc(N(c2ccc3c(c2)C(C)(C)c2ccccc2-3)c2ccc3c(c2)c2ccccc2n3-c2ccccc2)cc1. The zero-order valence-corrected chi connectivity index (χ0v) is 24.1. The Morgan fingerprint density at radius 1 is 0.558 bits per heavy atom. The van der Waals surface area contributed by atoms with Crippen LogP contribution < -0.4 is 4.90 Å². The third-order valence-corrected chi connectivity index (χ3v) is 8.99. The summed E-state index contributed by atoms with van der Waals surface area (Å²) in [5.74, 6) is 0. The molecule has 0 atom stereocenters. The monoisotopic (exact) mass is 551 g/mol. The summed E-state index contributed by atoms with van der Waals surface area (Å²) in [6.45, 7) is 12.1. The zero-order valence-electron chi connectivity index (χ0n) is 24.1. The lowest BCUT2D eigenvalue weighted by molar-refractivity contribution is 0.660. The molecule has 7 aromatic rings. The van der Waals surface area contributed by atoms with Crippen molar-refractivity contribution in [3.63, 3.8) is 0 Å². The molecule has 0 N–H and O–H groups in total. The number of hydrogen-bond acceptors (Lipinski definition) is 1. The van der Waals surface area contributed by atoms with Crippen LogP contribution in [0.3, 0.4) is 0 Å². The van der Waals surface area contributed by atoms with Crippen molar-refractivity contribution in [1.82, 2.24) is 4.57 Å². The maximum absolute atomic E-state index is 7.49. The normalized spacial score (nSPS) is 13.0. The highest BCUT2D eigenvalue weighted by atomic mass is 15.1. The van der Waals surface area contributed by atoms with Crippen LogP contribution in [0.5, 0.6) is 0 Å². The van der Waals surface area contributed by atoms with Gasteiger partial charge in [-0.3, -0.25) is 0 Å². The summed E-state index contributed by atoms with van der Waals surface area (Å²) in [5.41, 5.74) is 12.5. The molecule has 204 valence electrons. The van der Waals surface area contributed by atoms with Crippen molar-refractivity contribution in [3.8, 4) is 16.8 Å². The molecule has 0 saturated carbocycles. The fraction of sp³-hybridized carbons (Fsp3) is 0.0750. The third kappa shape index (κ3) is 3.81. The minimum Gasteiger partial charge on any atom is -0.311 e. The number of aromatic nitrogens is 1. The number of rotatable bonds is 4. The first-order valence-electron chi connectivity index (χ1n) is 14.7. The average Bonchev–Trinajstić information content (AvgIpc) is 3.50. The van der Waals surface area contributed by atoms with Crippen LogP contribution >= 0.6 is 0 Å². The van der Waals surface area contributed by atoms with Crippen molar-refractivity contribution < 1.29 is 0 Å². The van der Waals surface area contributed by atoms with Crippen LogP contribution in [0.2, 0.25) is 0 Å². The largest absolute Gasteiger partial charge is 0.311 e. The Labute approximate surface area is 251 Å². The Bertz CT molecular complexity index is 2210.